The largest absolute Gasteiger partial charge is 0.415 e. The van der Waals surface area contributed by atoms with Crippen LogP contribution in [0.25, 0.3) is 0 Å². The quantitative estimate of drug-likeness (QED) is 0.470. The van der Waals surface area contributed by atoms with Gasteiger partial charge in [-0.15, -0.1) is 5.10 Å². The van der Waals surface area contributed by atoms with E-state index in [9.17, 15) is 0 Å². The number of nitrogens with zero attached hydrogens (tertiary/aromatic N) is 2. The first kappa shape index (κ1) is 8.00. The molecule has 0 aliphatic rings. The highest BCUT2D eigenvalue weighted by molar-refractivity contribution is 8.59. The van der Waals surface area contributed by atoms with Crippen molar-refractivity contribution in [2.24, 2.45) is 0 Å². The van der Waals surface area contributed by atoms with Gasteiger partial charge in [0.25, 0.3) is 11.6 Å². The van der Waals surface area contributed by atoms with Crippen molar-refractivity contribution in [2.45, 2.75) is 0 Å². The van der Waals surface area contributed by atoms with Crippen molar-refractivity contribution >= 4 is 29.7 Å². The number of nitrogens with one attached hydrogen (secondary N) is 1. The molecular formula is C2H4N3O2PS2. The van der Waals surface area contributed by atoms with E-state index in [0.29, 0.717) is 0 Å². The van der Waals surface area contributed by atoms with Gasteiger partial charge in [0, 0.05) is 0 Å². The molecule has 0 aromatic carbocycles. The molecule has 1 heterocycles. The molecular weight excluding hydrogens is 193 g/mol. The van der Waals surface area contributed by atoms with E-state index in [1.807, 2.05) is 0 Å². The molecule has 0 radical (unpaired) electrons. The lowest BCUT2D eigenvalue weighted by Gasteiger charge is -2.05. The van der Waals surface area contributed by atoms with Gasteiger partial charge >= 0.3 is 0 Å². The summed E-state index contributed by atoms with van der Waals surface area (Å²) < 4.78 is 4.68. The fourth-order valence-corrected chi connectivity index (χ4v) is 1.17. The summed E-state index contributed by atoms with van der Waals surface area (Å²) in [6.45, 7) is 0. The van der Waals surface area contributed by atoms with Crippen LogP contribution >= 0.6 is 17.9 Å². The highest BCUT2D eigenvalue weighted by atomic mass is 32.9. The normalized spacial score (nSPS) is 16.2. The van der Waals surface area contributed by atoms with Gasteiger partial charge in [0.05, 0.1) is 0 Å². The number of thiol groups is 1. The van der Waals surface area contributed by atoms with Crippen molar-refractivity contribution in [1.29, 1.82) is 0 Å². The van der Waals surface area contributed by atoms with Gasteiger partial charge in [0.2, 0.25) is 0 Å². The Bertz CT molecular complexity index is 243. The molecule has 56 valence electrons. The van der Waals surface area contributed by atoms with Crippen molar-refractivity contribution in [2.75, 3.05) is 0 Å². The van der Waals surface area contributed by atoms with Crippen LogP contribution in [0.2, 0.25) is 0 Å². The van der Waals surface area contributed by atoms with Crippen molar-refractivity contribution in [3.05, 3.63) is 6.20 Å². The summed E-state index contributed by atoms with van der Waals surface area (Å²) in [7, 11) is 0. The van der Waals surface area contributed by atoms with Crippen LogP contribution in [0.3, 0.4) is 0 Å². The van der Waals surface area contributed by atoms with E-state index in [2.05, 4.69) is 44.0 Å². The molecule has 2 N–H and O–H groups in total. The van der Waals surface area contributed by atoms with E-state index < -0.39 is 5.69 Å². The number of hydrogen-bond donors (Lipinski definition) is 3. The minimum absolute atomic E-state index is 0.154. The van der Waals surface area contributed by atoms with Crippen LogP contribution in [0.5, 0.6) is 5.88 Å². The molecule has 0 saturated heterocycles. The van der Waals surface area contributed by atoms with Gasteiger partial charge < -0.3 is 9.42 Å². The van der Waals surface area contributed by atoms with Gasteiger partial charge in [0.15, 0.2) is 0 Å². The lowest BCUT2D eigenvalue weighted by atomic mass is 10.9. The molecule has 0 amide bonds. The Labute approximate surface area is 67.1 Å². The molecule has 0 saturated carbocycles. The van der Waals surface area contributed by atoms with Gasteiger partial charge in [-0.25, -0.2) is 0 Å². The summed E-state index contributed by atoms with van der Waals surface area (Å²) in [5.74, 6) is 0.154. The van der Waals surface area contributed by atoms with E-state index in [1.165, 1.54) is 6.20 Å². The zero-order chi connectivity index (χ0) is 7.61. The molecule has 1 atom stereocenters. The maximum atomic E-state index is 8.88. The topological polar surface area (TPSA) is 71.0 Å². The van der Waals surface area contributed by atoms with Gasteiger partial charge in [-0.2, -0.15) is 10.3 Å². The minimum Gasteiger partial charge on any atom is -0.415 e. The Balaban J connectivity index is 2.66. The molecule has 1 unspecified atom stereocenters. The molecule has 1 aromatic heterocycles. The molecule has 1 rings (SSSR count). The lowest BCUT2D eigenvalue weighted by molar-refractivity contribution is 0.491. The minimum atomic E-state index is -2.95. The van der Waals surface area contributed by atoms with E-state index in [1.54, 1.807) is 0 Å². The zero-order valence-corrected chi connectivity index (χ0v) is 7.24. The van der Waals surface area contributed by atoms with Gasteiger partial charge in [-0.3, -0.25) is 0 Å². The lowest BCUT2D eigenvalue weighted by Crippen LogP contribution is -1.84. The second-order valence-electron chi connectivity index (χ2n) is 1.39. The molecule has 0 bridgehead atoms. The molecule has 10 heavy (non-hydrogen) atoms. The van der Waals surface area contributed by atoms with E-state index >= 15 is 0 Å². The molecule has 0 spiro atoms. The van der Waals surface area contributed by atoms with Crippen LogP contribution in [-0.2, 0) is 11.8 Å². The number of aromatic nitrogens is 3. The van der Waals surface area contributed by atoms with E-state index in [4.69, 9.17) is 4.89 Å². The average molecular weight is 197 g/mol. The summed E-state index contributed by atoms with van der Waals surface area (Å²) in [6, 6.07) is 0. The van der Waals surface area contributed by atoms with Gasteiger partial charge in [-0.1, -0.05) is 12.2 Å². The summed E-state index contributed by atoms with van der Waals surface area (Å²) in [5, 5.41) is 9.22. The smallest absolute Gasteiger partial charge is 0.293 e. The molecule has 5 nitrogen and oxygen atoms in total. The second-order valence-corrected chi connectivity index (χ2v) is 6.48. The number of hydrogen-bond acceptors (Lipinski definition) is 4. The van der Waals surface area contributed by atoms with Crippen LogP contribution in [0.4, 0.5) is 0 Å². The van der Waals surface area contributed by atoms with Crippen molar-refractivity contribution in [1.82, 2.24) is 15.4 Å². The summed E-state index contributed by atoms with van der Waals surface area (Å²) in [6.07, 6.45) is 1.30. The van der Waals surface area contributed by atoms with Gasteiger partial charge in [0.1, 0.15) is 6.20 Å². The summed E-state index contributed by atoms with van der Waals surface area (Å²) in [5.41, 5.74) is -2.95. The summed E-state index contributed by atoms with van der Waals surface area (Å²) >= 11 is 8.08. The molecule has 1 aromatic rings. The Morgan fingerprint density at radius 3 is 3.00 bits per heavy atom. The average Bonchev–Trinajstić information content (AvgIpc) is 2.12. The second kappa shape index (κ2) is 2.87. The first-order chi connectivity index (χ1) is 4.58. The van der Waals surface area contributed by atoms with Crippen LogP contribution in [-0.4, -0.2) is 20.3 Å². The SMILES string of the molecule is OP(=S)(S)Oc1cn[nH]n1. The van der Waals surface area contributed by atoms with E-state index in [-0.39, 0.29) is 5.88 Å². The number of rotatable bonds is 2. The number of aromatic amines is 1. The molecule has 0 aliphatic carbocycles. The maximum absolute atomic E-state index is 8.88. The maximum Gasteiger partial charge on any atom is 0.293 e. The Kier molecular flexibility index (Phi) is 2.30. The zero-order valence-electron chi connectivity index (χ0n) is 4.63. The van der Waals surface area contributed by atoms with Crippen molar-refractivity contribution < 1.29 is 9.42 Å². The Morgan fingerprint density at radius 1 is 1.90 bits per heavy atom. The highest BCUT2D eigenvalue weighted by Gasteiger charge is 2.09. The Hall–Kier alpha value is -0.100. The molecule has 8 heteroatoms. The summed E-state index contributed by atoms with van der Waals surface area (Å²) in [4.78, 5) is 8.88. The first-order valence-corrected chi connectivity index (χ1v) is 6.01. The molecule has 0 fully saturated rings. The standard InChI is InChI=1S/C2H4N3O2PS2/c6-8(9,10)7-2-1-3-5-4-2/h1H,(H,3,4,5)(H2,6,9,10). The van der Waals surface area contributed by atoms with Crippen LogP contribution in [0.15, 0.2) is 6.20 Å². The number of H-pyrrole nitrogens is 1. The van der Waals surface area contributed by atoms with Gasteiger partial charge in [-0.05, 0) is 11.8 Å². The predicted octanol–water partition coefficient (Wildman–Crippen LogP) is 0.330. The predicted molar refractivity (Wildman–Crippen MR) is 42.5 cm³/mol. The van der Waals surface area contributed by atoms with Crippen LogP contribution in [0.1, 0.15) is 0 Å². The van der Waals surface area contributed by atoms with Crippen LogP contribution in [0, 0.1) is 0 Å². The van der Waals surface area contributed by atoms with E-state index in [0.717, 1.165) is 0 Å². The fraction of sp³-hybridized carbons (Fsp3) is 0. The highest BCUT2D eigenvalue weighted by Crippen LogP contribution is 2.46. The fourth-order valence-electron chi connectivity index (χ4n) is 0.357. The molecule has 0 aliphatic heterocycles. The monoisotopic (exact) mass is 197 g/mol. The third-order valence-corrected chi connectivity index (χ3v) is 1.50. The third kappa shape index (κ3) is 2.66. The van der Waals surface area contributed by atoms with Crippen LogP contribution < -0.4 is 4.52 Å². The van der Waals surface area contributed by atoms with Crippen molar-refractivity contribution in [3.8, 4) is 5.88 Å². The third-order valence-electron chi connectivity index (χ3n) is 0.605. The first-order valence-electron chi connectivity index (χ1n) is 2.19. The van der Waals surface area contributed by atoms with Crippen molar-refractivity contribution in [3.63, 3.8) is 0 Å². The Morgan fingerprint density at radius 2 is 2.60 bits per heavy atom.